The van der Waals surface area contributed by atoms with Gasteiger partial charge in [-0.05, 0) is 79.4 Å². The SMILES string of the molecule is COC(=O)[C@]12CCC(C)(C)C[C@H]1[C@H]1OC(=O)C[C@@H]3[C@@]4(C)Cc5cnoc5C(C)(C)[C@@H]4CC[C@@]3(C)[C@]1(C)CC2. The summed E-state index contributed by atoms with van der Waals surface area (Å²) in [6.07, 6.45) is 9.47. The molecule has 1 saturated heterocycles. The molecule has 6 heteroatoms. The molecule has 0 unspecified atom stereocenters. The number of carbonyl (C=O) groups excluding carboxylic acids is 2. The number of fused-ring (bicyclic) bond motifs is 8. The maximum Gasteiger partial charge on any atom is 0.312 e. The van der Waals surface area contributed by atoms with Gasteiger partial charge in [0.1, 0.15) is 11.9 Å². The summed E-state index contributed by atoms with van der Waals surface area (Å²) >= 11 is 0. The van der Waals surface area contributed by atoms with Crippen LogP contribution in [0.4, 0.5) is 0 Å². The molecule has 4 fully saturated rings. The van der Waals surface area contributed by atoms with Crippen molar-refractivity contribution >= 4 is 11.9 Å². The zero-order chi connectivity index (χ0) is 27.5. The fourth-order valence-electron chi connectivity index (χ4n) is 11.1. The predicted molar refractivity (Wildman–Crippen MR) is 143 cm³/mol. The van der Waals surface area contributed by atoms with Crippen molar-refractivity contribution in [2.45, 2.75) is 118 Å². The first-order valence-electron chi connectivity index (χ1n) is 14.9. The van der Waals surface area contributed by atoms with Gasteiger partial charge in [-0.1, -0.05) is 53.6 Å². The molecule has 0 N–H and O–H groups in total. The Morgan fingerprint density at radius 3 is 2.39 bits per heavy atom. The first-order valence-corrected chi connectivity index (χ1v) is 14.9. The molecule has 6 nitrogen and oxygen atoms in total. The van der Waals surface area contributed by atoms with Crippen LogP contribution >= 0.6 is 0 Å². The molecule has 0 radical (unpaired) electrons. The van der Waals surface area contributed by atoms with E-state index in [4.69, 9.17) is 14.0 Å². The van der Waals surface area contributed by atoms with Crippen molar-refractivity contribution in [2.24, 2.45) is 44.8 Å². The van der Waals surface area contributed by atoms with E-state index in [1.54, 1.807) is 0 Å². The van der Waals surface area contributed by atoms with E-state index in [9.17, 15) is 9.59 Å². The van der Waals surface area contributed by atoms with Gasteiger partial charge in [-0.2, -0.15) is 0 Å². The third-order valence-corrected chi connectivity index (χ3v) is 13.3. The molecular weight excluding hydrogens is 478 g/mol. The van der Waals surface area contributed by atoms with Gasteiger partial charge in [-0.3, -0.25) is 9.59 Å². The fraction of sp³-hybridized carbons (Fsp3) is 0.844. The molecule has 0 bridgehead atoms. The lowest BCUT2D eigenvalue weighted by Crippen LogP contribution is -2.66. The number of aromatic nitrogens is 1. The van der Waals surface area contributed by atoms with Crippen LogP contribution in [0.2, 0.25) is 0 Å². The second-order valence-corrected chi connectivity index (χ2v) is 15.8. The van der Waals surface area contributed by atoms with Gasteiger partial charge < -0.3 is 14.0 Å². The molecule has 0 amide bonds. The molecule has 4 aliphatic carbocycles. The number of rotatable bonds is 1. The van der Waals surface area contributed by atoms with Crippen molar-refractivity contribution in [3.8, 4) is 0 Å². The number of hydrogen-bond acceptors (Lipinski definition) is 6. The highest BCUT2D eigenvalue weighted by Crippen LogP contribution is 2.73. The van der Waals surface area contributed by atoms with Crippen LogP contribution in [0.15, 0.2) is 10.7 Å². The number of carbonyl (C=O) groups is 2. The lowest BCUT2D eigenvalue weighted by Gasteiger charge is -2.67. The molecular formula is C32H47NO5. The Morgan fingerprint density at radius 2 is 1.68 bits per heavy atom. The minimum absolute atomic E-state index is 0.0185. The largest absolute Gasteiger partial charge is 0.469 e. The van der Waals surface area contributed by atoms with E-state index < -0.39 is 5.41 Å². The van der Waals surface area contributed by atoms with E-state index in [0.29, 0.717) is 12.3 Å². The van der Waals surface area contributed by atoms with E-state index in [-0.39, 0.29) is 57.0 Å². The van der Waals surface area contributed by atoms with Crippen molar-refractivity contribution in [1.82, 2.24) is 5.16 Å². The summed E-state index contributed by atoms with van der Waals surface area (Å²) in [6.45, 7) is 16.5. The highest BCUT2D eigenvalue weighted by molar-refractivity contribution is 5.78. The minimum atomic E-state index is -0.559. The molecule has 6 rings (SSSR count). The van der Waals surface area contributed by atoms with Gasteiger partial charge in [0.15, 0.2) is 0 Å². The molecule has 38 heavy (non-hydrogen) atoms. The maximum absolute atomic E-state index is 13.9. The second kappa shape index (κ2) is 7.87. The molecule has 1 aliphatic heterocycles. The van der Waals surface area contributed by atoms with E-state index >= 15 is 0 Å². The first-order chi connectivity index (χ1) is 17.6. The van der Waals surface area contributed by atoms with Crippen LogP contribution in [-0.2, 0) is 30.9 Å². The molecule has 0 spiro atoms. The Bertz CT molecular complexity index is 1170. The first kappa shape index (κ1) is 26.4. The molecule has 1 aromatic rings. The number of hydrogen-bond donors (Lipinski definition) is 0. The highest BCUT2D eigenvalue weighted by Gasteiger charge is 2.72. The van der Waals surface area contributed by atoms with Crippen molar-refractivity contribution in [2.75, 3.05) is 7.11 Å². The third kappa shape index (κ3) is 3.15. The molecule has 2 heterocycles. The summed E-state index contributed by atoms with van der Waals surface area (Å²) in [5, 5.41) is 4.20. The predicted octanol–water partition coefficient (Wildman–Crippen LogP) is 6.65. The maximum atomic E-state index is 13.9. The third-order valence-electron chi connectivity index (χ3n) is 13.3. The summed E-state index contributed by atoms with van der Waals surface area (Å²) in [7, 11) is 1.52. The standard InChI is InChI=1S/C32H47NO5/c1-27(2)11-13-32(26(35)36-8)14-12-31(7)25(20(32)17-27)37-23(34)15-22-29(5)16-19-18-33-38-24(19)28(3,4)21(29)9-10-30(22,31)6/h18,20-22,25H,9-17H2,1-8H3/t20-,21-,22+,25+,29-,30+,31+,32-/m0/s1. The molecule has 0 aromatic carbocycles. The Morgan fingerprint density at radius 1 is 0.974 bits per heavy atom. The molecule has 3 saturated carbocycles. The van der Waals surface area contributed by atoms with Crippen LogP contribution in [-0.4, -0.2) is 30.3 Å². The van der Waals surface area contributed by atoms with Crippen LogP contribution in [0, 0.1) is 44.8 Å². The summed E-state index contributed by atoms with van der Waals surface area (Å²) in [6, 6.07) is 0. The zero-order valence-corrected chi connectivity index (χ0v) is 24.7. The van der Waals surface area contributed by atoms with Crippen LogP contribution < -0.4 is 0 Å². The van der Waals surface area contributed by atoms with Crippen molar-refractivity contribution in [1.29, 1.82) is 0 Å². The fourth-order valence-corrected chi connectivity index (χ4v) is 11.1. The Hall–Kier alpha value is -1.85. The number of methoxy groups -OCH3 is 1. The Balaban J connectivity index is 1.48. The monoisotopic (exact) mass is 525 g/mol. The van der Waals surface area contributed by atoms with Gasteiger partial charge in [-0.15, -0.1) is 0 Å². The van der Waals surface area contributed by atoms with Gasteiger partial charge in [-0.25, -0.2) is 0 Å². The normalized spacial score (nSPS) is 46.7. The zero-order valence-electron chi connectivity index (χ0n) is 24.7. The minimum Gasteiger partial charge on any atom is -0.469 e. The summed E-state index contributed by atoms with van der Waals surface area (Å²) in [5.41, 5.74) is 0.207. The molecule has 5 aliphatic rings. The van der Waals surface area contributed by atoms with E-state index in [1.165, 1.54) is 12.7 Å². The van der Waals surface area contributed by atoms with Gasteiger partial charge in [0.2, 0.25) is 0 Å². The van der Waals surface area contributed by atoms with E-state index in [0.717, 1.165) is 57.1 Å². The number of nitrogens with zero attached hydrogens (tertiary/aromatic N) is 1. The highest BCUT2D eigenvalue weighted by atomic mass is 16.5. The lowest BCUT2D eigenvalue weighted by atomic mass is 9.36. The van der Waals surface area contributed by atoms with Crippen LogP contribution in [0.5, 0.6) is 0 Å². The van der Waals surface area contributed by atoms with Crippen molar-refractivity contribution < 1.29 is 23.6 Å². The smallest absolute Gasteiger partial charge is 0.312 e. The average Bonchev–Trinajstić information content (AvgIpc) is 3.28. The van der Waals surface area contributed by atoms with Gasteiger partial charge in [0.05, 0.1) is 18.7 Å². The van der Waals surface area contributed by atoms with Gasteiger partial charge in [0.25, 0.3) is 0 Å². The van der Waals surface area contributed by atoms with Crippen molar-refractivity contribution in [3.63, 3.8) is 0 Å². The molecule has 210 valence electrons. The van der Waals surface area contributed by atoms with Crippen LogP contribution in [0.3, 0.4) is 0 Å². The number of esters is 2. The van der Waals surface area contributed by atoms with Crippen molar-refractivity contribution in [3.05, 3.63) is 17.5 Å². The van der Waals surface area contributed by atoms with E-state index in [1.807, 2.05) is 6.20 Å². The van der Waals surface area contributed by atoms with Crippen LogP contribution in [0.1, 0.15) is 111 Å². The number of ether oxygens (including phenoxy) is 2. The summed E-state index contributed by atoms with van der Waals surface area (Å²) in [5.74, 6) is 1.39. The van der Waals surface area contributed by atoms with E-state index in [2.05, 4.69) is 53.6 Å². The quantitative estimate of drug-likeness (QED) is 0.382. The molecule has 8 atom stereocenters. The van der Waals surface area contributed by atoms with Gasteiger partial charge in [0, 0.05) is 28.7 Å². The Kier molecular flexibility index (Phi) is 5.47. The van der Waals surface area contributed by atoms with Crippen LogP contribution in [0.25, 0.3) is 0 Å². The Labute approximate surface area is 228 Å². The van der Waals surface area contributed by atoms with Gasteiger partial charge >= 0.3 is 11.9 Å². The second-order valence-electron chi connectivity index (χ2n) is 15.8. The summed E-state index contributed by atoms with van der Waals surface area (Å²) in [4.78, 5) is 27.3. The average molecular weight is 526 g/mol. The molecule has 1 aromatic heterocycles. The topological polar surface area (TPSA) is 78.6 Å². The lowest BCUT2D eigenvalue weighted by molar-refractivity contribution is -0.226. The summed E-state index contributed by atoms with van der Waals surface area (Å²) < 4.78 is 17.9.